The summed E-state index contributed by atoms with van der Waals surface area (Å²) in [5.74, 6) is -0.343. The molecular formula is C20H18F3N5O4. The van der Waals surface area contributed by atoms with E-state index >= 15 is 0 Å². The van der Waals surface area contributed by atoms with Crippen LogP contribution >= 0.6 is 0 Å². The maximum atomic E-state index is 13.1. The number of carbonyl (C=O) groups is 2. The van der Waals surface area contributed by atoms with E-state index in [1.54, 1.807) is 0 Å². The lowest BCUT2D eigenvalue weighted by Gasteiger charge is -2.20. The van der Waals surface area contributed by atoms with Gasteiger partial charge in [0.15, 0.2) is 11.6 Å². The molecule has 1 unspecified atom stereocenters. The summed E-state index contributed by atoms with van der Waals surface area (Å²) in [6, 6.07) is 5.78. The normalized spacial score (nSPS) is 16.8. The van der Waals surface area contributed by atoms with E-state index in [4.69, 9.17) is 9.47 Å². The average molecular weight is 449 g/mol. The van der Waals surface area contributed by atoms with E-state index in [9.17, 15) is 22.8 Å². The summed E-state index contributed by atoms with van der Waals surface area (Å²) in [7, 11) is 1.17. The monoisotopic (exact) mass is 449 g/mol. The first-order valence-corrected chi connectivity index (χ1v) is 9.59. The Morgan fingerprint density at radius 2 is 2.00 bits per heavy atom. The summed E-state index contributed by atoms with van der Waals surface area (Å²) in [5.41, 5.74) is -1.95. The Hall–Kier alpha value is -3.70. The second kappa shape index (κ2) is 8.09. The Kier molecular flexibility index (Phi) is 5.45. The van der Waals surface area contributed by atoms with Crippen molar-refractivity contribution in [3.63, 3.8) is 0 Å². The van der Waals surface area contributed by atoms with Gasteiger partial charge in [0.05, 0.1) is 19.2 Å². The molecule has 2 aliphatic rings. The number of alkyl halides is 3. The number of hydrogen-bond donors (Lipinski definition) is 2. The Morgan fingerprint density at radius 1 is 1.28 bits per heavy atom. The minimum Gasteiger partial charge on any atom is -0.488 e. The lowest BCUT2D eigenvalue weighted by molar-refractivity contribution is -0.166. The van der Waals surface area contributed by atoms with Crippen LogP contribution in [0.25, 0.3) is 0 Å². The predicted octanol–water partition coefficient (Wildman–Crippen LogP) is 2.58. The SMILES string of the molecule is COC(=O)C(Cc1ccc(C2(C(F)(F)F)N=N2)cc1)NC(=O)c1cnc2c(c1)OCCN2. The van der Waals surface area contributed by atoms with Crippen molar-refractivity contribution < 1.29 is 32.2 Å². The second-order valence-electron chi connectivity index (χ2n) is 7.17. The maximum Gasteiger partial charge on any atom is 0.442 e. The largest absolute Gasteiger partial charge is 0.488 e. The summed E-state index contributed by atoms with van der Waals surface area (Å²) in [6.45, 7) is 1.03. The van der Waals surface area contributed by atoms with Crippen LogP contribution < -0.4 is 15.4 Å². The third-order valence-electron chi connectivity index (χ3n) is 5.05. The minimum absolute atomic E-state index is 0.00240. The van der Waals surface area contributed by atoms with Crippen molar-refractivity contribution >= 4 is 17.7 Å². The number of methoxy groups -OCH3 is 1. The summed E-state index contributed by atoms with van der Waals surface area (Å²) < 4.78 is 49.6. The number of nitrogens with zero attached hydrogens (tertiary/aromatic N) is 3. The molecule has 3 heterocycles. The Morgan fingerprint density at radius 3 is 2.62 bits per heavy atom. The van der Waals surface area contributed by atoms with Crippen molar-refractivity contribution in [1.29, 1.82) is 0 Å². The highest BCUT2D eigenvalue weighted by Gasteiger charge is 2.65. The van der Waals surface area contributed by atoms with Crippen LogP contribution in [-0.4, -0.2) is 49.3 Å². The zero-order chi connectivity index (χ0) is 22.9. The predicted molar refractivity (Wildman–Crippen MR) is 104 cm³/mol. The first kappa shape index (κ1) is 21.5. The first-order chi connectivity index (χ1) is 15.2. The molecule has 9 nitrogen and oxygen atoms in total. The zero-order valence-corrected chi connectivity index (χ0v) is 16.8. The lowest BCUT2D eigenvalue weighted by atomic mass is 9.98. The van der Waals surface area contributed by atoms with Crippen LogP contribution in [0.3, 0.4) is 0 Å². The van der Waals surface area contributed by atoms with Gasteiger partial charge in [0.25, 0.3) is 5.91 Å². The van der Waals surface area contributed by atoms with Crippen molar-refractivity contribution in [3.05, 3.63) is 53.2 Å². The fourth-order valence-electron chi connectivity index (χ4n) is 3.27. The van der Waals surface area contributed by atoms with Gasteiger partial charge in [-0.25, -0.2) is 9.78 Å². The number of carbonyl (C=O) groups excluding carboxylic acids is 2. The summed E-state index contributed by atoms with van der Waals surface area (Å²) in [4.78, 5) is 29.0. The molecule has 1 atom stereocenters. The number of nitrogens with one attached hydrogen (secondary N) is 2. The van der Waals surface area contributed by atoms with Crippen molar-refractivity contribution in [2.75, 3.05) is 25.6 Å². The molecule has 4 rings (SSSR count). The van der Waals surface area contributed by atoms with E-state index in [0.29, 0.717) is 30.3 Å². The molecule has 0 saturated heterocycles. The maximum absolute atomic E-state index is 13.1. The van der Waals surface area contributed by atoms with Gasteiger partial charge in [-0.3, -0.25) is 4.79 Å². The molecule has 1 aromatic heterocycles. The fourth-order valence-corrected chi connectivity index (χ4v) is 3.27. The van der Waals surface area contributed by atoms with Crippen LogP contribution in [0.15, 0.2) is 46.8 Å². The van der Waals surface area contributed by atoms with E-state index in [1.807, 2.05) is 0 Å². The number of hydrogen-bond acceptors (Lipinski definition) is 8. The topological polar surface area (TPSA) is 114 Å². The summed E-state index contributed by atoms with van der Waals surface area (Å²) in [5, 5.41) is 11.9. The molecule has 0 fully saturated rings. The number of benzene rings is 1. The van der Waals surface area contributed by atoms with Gasteiger partial charge in [-0.2, -0.15) is 13.2 Å². The number of anilines is 1. The number of pyridine rings is 1. The standard InChI is InChI=1S/C20H18F3N5O4/c1-31-18(30)14(26-17(29)12-9-15-16(25-10-12)24-6-7-32-15)8-11-2-4-13(5-3-11)19(27-28-19)20(21,22)23/h2-5,9-10,14H,6-8H2,1H3,(H,24,25)(H,26,29). The van der Waals surface area contributed by atoms with Gasteiger partial charge in [-0.15, -0.1) is 10.2 Å². The van der Waals surface area contributed by atoms with Gasteiger partial charge in [-0.1, -0.05) is 24.3 Å². The number of fused-ring (bicyclic) bond motifs is 1. The lowest BCUT2D eigenvalue weighted by Crippen LogP contribution is -2.43. The Bertz CT molecular complexity index is 1070. The molecule has 2 aromatic rings. The molecule has 32 heavy (non-hydrogen) atoms. The molecule has 1 amide bonds. The van der Waals surface area contributed by atoms with Crippen molar-refractivity contribution in [2.24, 2.45) is 10.2 Å². The molecule has 12 heteroatoms. The molecule has 2 N–H and O–H groups in total. The van der Waals surface area contributed by atoms with Crippen LogP contribution in [0.4, 0.5) is 19.0 Å². The van der Waals surface area contributed by atoms with Crippen molar-refractivity contribution in [2.45, 2.75) is 24.3 Å². The molecule has 0 radical (unpaired) electrons. The summed E-state index contributed by atoms with van der Waals surface area (Å²) >= 11 is 0. The van der Waals surface area contributed by atoms with Gasteiger partial charge < -0.3 is 20.1 Å². The summed E-state index contributed by atoms with van der Waals surface area (Å²) in [6.07, 6.45) is -3.28. The van der Waals surface area contributed by atoms with Crippen LogP contribution in [0.5, 0.6) is 5.75 Å². The van der Waals surface area contributed by atoms with Gasteiger partial charge in [0, 0.05) is 18.2 Å². The second-order valence-corrected chi connectivity index (χ2v) is 7.17. The van der Waals surface area contributed by atoms with E-state index in [1.165, 1.54) is 43.6 Å². The number of ether oxygens (including phenoxy) is 2. The third kappa shape index (κ3) is 4.07. The van der Waals surface area contributed by atoms with Crippen molar-refractivity contribution in [3.8, 4) is 5.75 Å². The molecule has 1 aromatic carbocycles. The number of aromatic nitrogens is 1. The Balaban J connectivity index is 1.47. The molecule has 0 saturated carbocycles. The average Bonchev–Trinajstić information content (AvgIpc) is 3.60. The zero-order valence-electron chi connectivity index (χ0n) is 16.8. The van der Waals surface area contributed by atoms with E-state index in [0.717, 1.165) is 0 Å². The highest BCUT2D eigenvalue weighted by Crippen LogP contribution is 2.52. The van der Waals surface area contributed by atoms with Crippen LogP contribution in [0.1, 0.15) is 21.5 Å². The quantitative estimate of drug-likeness (QED) is 0.656. The molecule has 168 valence electrons. The van der Waals surface area contributed by atoms with E-state index in [-0.39, 0.29) is 17.5 Å². The fraction of sp³-hybridized carbons (Fsp3) is 0.350. The van der Waals surface area contributed by atoms with E-state index in [2.05, 4.69) is 25.8 Å². The highest BCUT2D eigenvalue weighted by molar-refractivity contribution is 5.97. The van der Waals surface area contributed by atoms with Gasteiger partial charge >= 0.3 is 17.8 Å². The van der Waals surface area contributed by atoms with E-state index < -0.39 is 29.8 Å². The minimum atomic E-state index is -4.63. The third-order valence-corrected chi connectivity index (χ3v) is 5.05. The smallest absolute Gasteiger partial charge is 0.442 e. The Labute approximate surface area is 180 Å². The molecular weight excluding hydrogens is 431 g/mol. The van der Waals surface area contributed by atoms with Crippen LogP contribution in [-0.2, 0) is 21.6 Å². The number of amides is 1. The van der Waals surface area contributed by atoms with Crippen LogP contribution in [0.2, 0.25) is 0 Å². The molecule has 0 spiro atoms. The van der Waals surface area contributed by atoms with Gasteiger partial charge in [0.1, 0.15) is 12.6 Å². The number of halogens is 3. The number of esters is 1. The van der Waals surface area contributed by atoms with Crippen LogP contribution in [0, 0.1) is 0 Å². The first-order valence-electron chi connectivity index (χ1n) is 9.59. The number of rotatable bonds is 6. The molecule has 0 bridgehead atoms. The molecule has 0 aliphatic carbocycles. The van der Waals surface area contributed by atoms with Gasteiger partial charge in [-0.05, 0) is 11.6 Å². The van der Waals surface area contributed by atoms with Crippen molar-refractivity contribution in [1.82, 2.24) is 10.3 Å². The van der Waals surface area contributed by atoms with Gasteiger partial charge in [0.2, 0.25) is 0 Å². The highest BCUT2D eigenvalue weighted by atomic mass is 19.4. The molecule has 2 aliphatic heterocycles.